The Morgan fingerprint density at radius 3 is 2.43 bits per heavy atom. The minimum absolute atomic E-state index is 0.0183. The summed E-state index contributed by atoms with van der Waals surface area (Å²) in [6.07, 6.45) is -0.348. The monoisotopic (exact) mass is 610 g/mol. The molecule has 2 aromatic carbocycles. The second-order valence-corrected chi connectivity index (χ2v) is 11.5. The largest absolute Gasteiger partial charge is 0.462 e. The standard InChI is InChI=1S/C29H37F3N4O5S/c1-17(2)26(29(39)41-10-9-40-3)35-21-6-4-18(5-7-21)16-34-27(38)28-36(8-11-42-28)25(37)14-20(33)12-19-13-23(31)24(32)15-22(19)30/h4-7,13,15,17,20,26,28,35H,8-12,14,16,33H2,1-3H3,(H,34,38)/t20-,26-,28+/m1/s1. The van der Waals surface area contributed by atoms with Crippen molar-refractivity contribution in [2.24, 2.45) is 11.7 Å². The maximum atomic E-state index is 14.0. The lowest BCUT2D eigenvalue weighted by molar-refractivity contribution is -0.146. The molecule has 3 atom stereocenters. The predicted molar refractivity (Wildman–Crippen MR) is 154 cm³/mol. The highest BCUT2D eigenvalue weighted by Gasteiger charge is 2.35. The Hall–Kier alpha value is -3.29. The summed E-state index contributed by atoms with van der Waals surface area (Å²) in [5.74, 6) is -3.98. The first-order chi connectivity index (χ1) is 20.0. The average molecular weight is 611 g/mol. The molecule has 1 heterocycles. The van der Waals surface area contributed by atoms with Crippen LogP contribution in [0.1, 0.15) is 31.4 Å². The molecule has 0 bridgehead atoms. The van der Waals surface area contributed by atoms with Crippen LogP contribution in [0.2, 0.25) is 0 Å². The van der Waals surface area contributed by atoms with Gasteiger partial charge in [0.05, 0.1) is 6.61 Å². The number of carbonyl (C=O) groups excluding carboxylic acids is 3. The quantitative estimate of drug-likeness (QED) is 0.169. The first-order valence-electron chi connectivity index (χ1n) is 13.6. The SMILES string of the molecule is COCCOC(=O)[C@H](Nc1ccc(CNC(=O)[C@@H]2SCCN2C(=O)C[C@H](N)Cc2cc(F)c(F)cc2F)cc1)C(C)C. The van der Waals surface area contributed by atoms with E-state index in [1.807, 2.05) is 26.0 Å². The third-order valence-electron chi connectivity index (χ3n) is 6.64. The van der Waals surface area contributed by atoms with Crippen LogP contribution in [0.5, 0.6) is 0 Å². The first-order valence-corrected chi connectivity index (χ1v) is 14.6. The van der Waals surface area contributed by atoms with E-state index in [0.717, 1.165) is 17.3 Å². The van der Waals surface area contributed by atoms with Crippen molar-refractivity contribution in [2.75, 3.05) is 37.9 Å². The van der Waals surface area contributed by atoms with Crippen molar-refractivity contribution in [3.8, 4) is 0 Å². The van der Waals surface area contributed by atoms with E-state index in [9.17, 15) is 27.6 Å². The number of anilines is 1. The number of benzene rings is 2. The second kappa shape index (κ2) is 15.8. The molecular formula is C29H37F3N4O5S. The number of ether oxygens (including phenoxy) is 2. The second-order valence-electron chi connectivity index (χ2n) is 10.3. The molecule has 0 aliphatic carbocycles. The van der Waals surface area contributed by atoms with Gasteiger partial charge < -0.3 is 30.7 Å². The number of hydrogen-bond donors (Lipinski definition) is 3. The summed E-state index contributed by atoms with van der Waals surface area (Å²) in [7, 11) is 1.53. The Morgan fingerprint density at radius 2 is 1.76 bits per heavy atom. The highest BCUT2D eigenvalue weighted by molar-refractivity contribution is 8.00. The molecule has 0 aromatic heterocycles. The first kappa shape index (κ1) is 33.2. The van der Waals surface area contributed by atoms with Crippen LogP contribution in [0.4, 0.5) is 18.9 Å². The Labute approximate surface area is 247 Å². The fraction of sp³-hybridized carbons (Fsp3) is 0.483. The van der Waals surface area contributed by atoms with Gasteiger partial charge in [0, 0.05) is 50.2 Å². The number of thioether (sulfide) groups is 1. The number of halogens is 3. The van der Waals surface area contributed by atoms with Crippen molar-refractivity contribution in [2.45, 2.75) is 50.7 Å². The molecule has 1 fully saturated rings. The molecule has 42 heavy (non-hydrogen) atoms. The number of carbonyl (C=O) groups is 3. The molecule has 0 saturated carbocycles. The molecule has 1 aliphatic heterocycles. The molecule has 13 heteroatoms. The summed E-state index contributed by atoms with van der Waals surface area (Å²) in [4.78, 5) is 39.7. The van der Waals surface area contributed by atoms with Gasteiger partial charge in [0.15, 0.2) is 17.0 Å². The van der Waals surface area contributed by atoms with E-state index < -0.39 is 34.9 Å². The van der Waals surface area contributed by atoms with Gasteiger partial charge in [0.1, 0.15) is 18.5 Å². The Morgan fingerprint density at radius 1 is 1.07 bits per heavy atom. The minimum atomic E-state index is -1.30. The molecule has 230 valence electrons. The normalized spacial score (nSPS) is 16.3. The van der Waals surface area contributed by atoms with Gasteiger partial charge in [-0.3, -0.25) is 9.59 Å². The van der Waals surface area contributed by atoms with Gasteiger partial charge in [-0.2, -0.15) is 0 Å². The predicted octanol–water partition coefficient (Wildman–Crippen LogP) is 3.21. The smallest absolute Gasteiger partial charge is 0.328 e. The highest BCUT2D eigenvalue weighted by atomic mass is 32.2. The zero-order chi connectivity index (χ0) is 30.8. The van der Waals surface area contributed by atoms with E-state index >= 15 is 0 Å². The van der Waals surface area contributed by atoms with Crippen molar-refractivity contribution in [3.63, 3.8) is 0 Å². The zero-order valence-electron chi connectivity index (χ0n) is 23.8. The molecule has 0 radical (unpaired) electrons. The van der Waals surface area contributed by atoms with E-state index in [1.165, 1.54) is 23.8 Å². The summed E-state index contributed by atoms with van der Waals surface area (Å²) < 4.78 is 50.8. The number of amides is 2. The molecule has 2 aromatic rings. The lowest BCUT2D eigenvalue weighted by Gasteiger charge is -2.24. The van der Waals surface area contributed by atoms with Crippen molar-refractivity contribution in [3.05, 3.63) is 65.0 Å². The molecule has 1 aliphatic rings. The Bertz CT molecular complexity index is 1230. The maximum Gasteiger partial charge on any atom is 0.328 e. The summed E-state index contributed by atoms with van der Waals surface area (Å²) in [6, 6.07) is 7.04. The van der Waals surface area contributed by atoms with Crippen LogP contribution < -0.4 is 16.4 Å². The van der Waals surface area contributed by atoms with Crippen LogP contribution in [0.3, 0.4) is 0 Å². The fourth-order valence-electron chi connectivity index (χ4n) is 4.35. The van der Waals surface area contributed by atoms with Gasteiger partial charge in [-0.05, 0) is 41.7 Å². The molecule has 4 N–H and O–H groups in total. The van der Waals surface area contributed by atoms with Gasteiger partial charge in [0.25, 0.3) is 5.91 Å². The van der Waals surface area contributed by atoms with Crippen LogP contribution in [-0.4, -0.2) is 72.8 Å². The summed E-state index contributed by atoms with van der Waals surface area (Å²) in [6.45, 7) is 4.88. The van der Waals surface area contributed by atoms with Crippen LogP contribution in [0.25, 0.3) is 0 Å². The van der Waals surface area contributed by atoms with Crippen molar-refractivity contribution in [1.29, 1.82) is 0 Å². The Kier molecular flexibility index (Phi) is 12.5. The van der Waals surface area contributed by atoms with Crippen LogP contribution >= 0.6 is 11.8 Å². The zero-order valence-corrected chi connectivity index (χ0v) is 24.6. The van der Waals surface area contributed by atoms with Crippen LogP contribution in [0.15, 0.2) is 36.4 Å². The number of nitrogens with two attached hydrogens (primary N) is 1. The van der Waals surface area contributed by atoms with Gasteiger partial charge in [-0.1, -0.05) is 26.0 Å². The van der Waals surface area contributed by atoms with E-state index in [-0.39, 0.29) is 55.3 Å². The number of methoxy groups -OCH3 is 1. The van der Waals surface area contributed by atoms with Crippen molar-refractivity contribution in [1.82, 2.24) is 10.2 Å². The third-order valence-corrected chi connectivity index (χ3v) is 7.84. The minimum Gasteiger partial charge on any atom is -0.462 e. The van der Waals surface area contributed by atoms with Crippen molar-refractivity contribution >= 4 is 35.2 Å². The lowest BCUT2D eigenvalue weighted by Crippen LogP contribution is -2.46. The molecule has 2 amide bonds. The molecule has 3 rings (SSSR count). The van der Waals surface area contributed by atoms with E-state index in [0.29, 0.717) is 25.0 Å². The number of nitrogens with zero attached hydrogens (tertiary/aromatic N) is 1. The number of rotatable bonds is 14. The van der Waals surface area contributed by atoms with Crippen LogP contribution in [-0.2, 0) is 36.8 Å². The summed E-state index contributed by atoms with van der Waals surface area (Å²) >= 11 is 1.32. The highest BCUT2D eigenvalue weighted by Crippen LogP contribution is 2.26. The van der Waals surface area contributed by atoms with Gasteiger partial charge in [-0.15, -0.1) is 11.8 Å². The molecular weight excluding hydrogens is 573 g/mol. The third kappa shape index (κ3) is 9.36. The van der Waals surface area contributed by atoms with E-state index in [1.54, 1.807) is 12.1 Å². The number of esters is 1. The molecule has 9 nitrogen and oxygen atoms in total. The maximum absolute atomic E-state index is 14.0. The number of nitrogens with one attached hydrogen (secondary N) is 2. The summed E-state index contributed by atoms with van der Waals surface area (Å²) in [5, 5.41) is 5.28. The summed E-state index contributed by atoms with van der Waals surface area (Å²) in [5.41, 5.74) is 7.43. The number of hydrogen-bond acceptors (Lipinski definition) is 8. The fourth-order valence-corrected chi connectivity index (χ4v) is 5.51. The van der Waals surface area contributed by atoms with Gasteiger partial charge in [0.2, 0.25) is 5.91 Å². The average Bonchev–Trinajstić information content (AvgIpc) is 3.44. The van der Waals surface area contributed by atoms with E-state index in [2.05, 4.69) is 10.6 Å². The lowest BCUT2D eigenvalue weighted by atomic mass is 10.0. The van der Waals surface area contributed by atoms with Gasteiger partial charge >= 0.3 is 5.97 Å². The Balaban J connectivity index is 1.51. The van der Waals surface area contributed by atoms with Crippen molar-refractivity contribution < 1.29 is 37.0 Å². The molecule has 1 saturated heterocycles. The van der Waals surface area contributed by atoms with Crippen LogP contribution in [0, 0.1) is 23.4 Å². The van der Waals surface area contributed by atoms with Gasteiger partial charge in [-0.25, -0.2) is 18.0 Å². The topological polar surface area (TPSA) is 123 Å². The van der Waals surface area contributed by atoms with E-state index in [4.69, 9.17) is 15.2 Å². The molecule has 0 spiro atoms. The molecule has 0 unspecified atom stereocenters.